The number of furan rings is 1. The van der Waals surface area contributed by atoms with Crippen molar-refractivity contribution in [1.29, 1.82) is 0 Å². The van der Waals surface area contributed by atoms with Gasteiger partial charge in [0.25, 0.3) is 5.56 Å². The first-order chi connectivity index (χ1) is 14.0. The van der Waals surface area contributed by atoms with Crippen LogP contribution in [0, 0.1) is 0 Å². The summed E-state index contributed by atoms with van der Waals surface area (Å²) in [7, 11) is 0. The van der Waals surface area contributed by atoms with Gasteiger partial charge in [0.05, 0.1) is 24.9 Å². The number of aromatic nitrogens is 2. The zero-order valence-electron chi connectivity index (χ0n) is 15.1. The molecule has 4 aromatic rings. The summed E-state index contributed by atoms with van der Waals surface area (Å²) in [4.78, 5) is 38.3. The van der Waals surface area contributed by atoms with Gasteiger partial charge in [-0.15, -0.1) is 11.3 Å². The molecular formula is C20H16ClN3O4S. The number of amides is 1. The van der Waals surface area contributed by atoms with Crippen molar-refractivity contribution in [2.75, 3.05) is 0 Å². The zero-order valence-corrected chi connectivity index (χ0v) is 16.7. The van der Waals surface area contributed by atoms with Crippen LogP contribution in [0.1, 0.15) is 11.3 Å². The van der Waals surface area contributed by atoms with E-state index in [9.17, 15) is 14.4 Å². The standard InChI is InChI=1S/C20H16ClN3O4S/c21-15-6-2-1-4-13(15)11-24-19(26)18-16(7-9-29-18)23(20(24)27)12-17(25)22-10-14-5-3-8-28-14/h1-9H,10-12H2,(H,22,25). The fourth-order valence-electron chi connectivity index (χ4n) is 3.02. The molecule has 0 unspecified atom stereocenters. The van der Waals surface area contributed by atoms with Crippen molar-refractivity contribution in [3.63, 3.8) is 0 Å². The summed E-state index contributed by atoms with van der Waals surface area (Å²) in [6.45, 7) is 0.0292. The zero-order chi connectivity index (χ0) is 20.4. The van der Waals surface area contributed by atoms with Gasteiger partial charge in [0.15, 0.2) is 0 Å². The summed E-state index contributed by atoms with van der Waals surface area (Å²) in [5.41, 5.74) is 0.132. The summed E-state index contributed by atoms with van der Waals surface area (Å²) >= 11 is 7.43. The van der Waals surface area contributed by atoms with Gasteiger partial charge in [-0.3, -0.25) is 18.7 Å². The van der Waals surface area contributed by atoms with Crippen LogP contribution in [0.4, 0.5) is 0 Å². The number of nitrogens with one attached hydrogen (secondary N) is 1. The predicted molar refractivity (Wildman–Crippen MR) is 111 cm³/mol. The molecule has 0 bridgehead atoms. The molecule has 9 heteroatoms. The molecule has 0 spiro atoms. The third-order valence-corrected chi connectivity index (χ3v) is 5.72. The maximum atomic E-state index is 13.1. The SMILES string of the molecule is O=C(Cn1c(=O)n(Cc2ccccc2Cl)c(=O)c2sccc21)NCc1ccco1. The largest absolute Gasteiger partial charge is 0.467 e. The van der Waals surface area contributed by atoms with Crippen molar-refractivity contribution in [1.82, 2.24) is 14.5 Å². The minimum Gasteiger partial charge on any atom is -0.467 e. The summed E-state index contributed by atoms with van der Waals surface area (Å²) < 4.78 is 8.02. The van der Waals surface area contributed by atoms with E-state index in [0.29, 0.717) is 26.6 Å². The fraction of sp³-hybridized carbons (Fsp3) is 0.150. The number of rotatable bonds is 6. The Balaban J connectivity index is 1.69. The highest BCUT2D eigenvalue weighted by atomic mass is 35.5. The lowest BCUT2D eigenvalue weighted by Gasteiger charge is -2.13. The van der Waals surface area contributed by atoms with E-state index in [0.717, 1.165) is 4.57 Å². The van der Waals surface area contributed by atoms with Gasteiger partial charge in [0.1, 0.15) is 17.0 Å². The van der Waals surface area contributed by atoms with Crippen LogP contribution in [0.15, 0.2) is 68.1 Å². The molecule has 0 saturated heterocycles. The summed E-state index contributed by atoms with van der Waals surface area (Å²) in [5, 5.41) is 4.90. The lowest BCUT2D eigenvalue weighted by molar-refractivity contribution is -0.121. The summed E-state index contributed by atoms with van der Waals surface area (Å²) in [6, 6.07) is 12.2. The van der Waals surface area contributed by atoms with E-state index in [1.54, 1.807) is 47.8 Å². The van der Waals surface area contributed by atoms with E-state index in [1.807, 2.05) is 0 Å². The third-order valence-electron chi connectivity index (χ3n) is 4.46. The Labute approximate surface area is 173 Å². The average molecular weight is 430 g/mol. The van der Waals surface area contributed by atoms with Crippen molar-refractivity contribution in [2.45, 2.75) is 19.6 Å². The third kappa shape index (κ3) is 3.90. The molecule has 0 atom stereocenters. The lowest BCUT2D eigenvalue weighted by atomic mass is 10.2. The Morgan fingerprint density at radius 2 is 1.93 bits per heavy atom. The van der Waals surface area contributed by atoms with Crippen LogP contribution in [0.25, 0.3) is 10.2 Å². The van der Waals surface area contributed by atoms with Gasteiger partial charge in [0.2, 0.25) is 5.91 Å². The normalized spacial score (nSPS) is 11.1. The van der Waals surface area contributed by atoms with E-state index < -0.39 is 11.2 Å². The van der Waals surface area contributed by atoms with Gasteiger partial charge in [0, 0.05) is 5.02 Å². The molecule has 29 heavy (non-hydrogen) atoms. The van der Waals surface area contributed by atoms with Gasteiger partial charge < -0.3 is 9.73 Å². The lowest BCUT2D eigenvalue weighted by Crippen LogP contribution is -2.42. The smallest absolute Gasteiger partial charge is 0.332 e. The fourth-order valence-corrected chi connectivity index (χ4v) is 4.06. The van der Waals surface area contributed by atoms with E-state index in [2.05, 4.69) is 5.32 Å². The first kappa shape index (κ1) is 19.2. The van der Waals surface area contributed by atoms with Crippen molar-refractivity contribution in [3.8, 4) is 0 Å². The average Bonchev–Trinajstić information content (AvgIpc) is 3.40. The molecule has 1 N–H and O–H groups in total. The number of carbonyl (C=O) groups is 1. The molecule has 0 aliphatic carbocycles. The number of nitrogens with zero attached hydrogens (tertiary/aromatic N) is 2. The summed E-state index contributed by atoms with van der Waals surface area (Å²) in [6.07, 6.45) is 1.52. The van der Waals surface area contributed by atoms with Crippen LogP contribution in [0.3, 0.4) is 0 Å². The molecule has 3 heterocycles. The Hall–Kier alpha value is -3.10. The van der Waals surface area contributed by atoms with Gasteiger partial charge in [-0.05, 0) is 35.2 Å². The molecule has 148 valence electrons. The minimum absolute atomic E-state index is 0.0270. The first-order valence-corrected chi connectivity index (χ1v) is 10.0. The van der Waals surface area contributed by atoms with Crippen LogP contribution < -0.4 is 16.6 Å². The number of fused-ring (bicyclic) bond motifs is 1. The highest BCUT2D eigenvalue weighted by Gasteiger charge is 2.17. The molecule has 7 nitrogen and oxygen atoms in total. The number of carbonyl (C=O) groups excluding carboxylic acids is 1. The topological polar surface area (TPSA) is 86.2 Å². The van der Waals surface area contributed by atoms with E-state index in [4.69, 9.17) is 16.0 Å². The number of halogens is 1. The van der Waals surface area contributed by atoms with E-state index in [-0.39, 0.29) is 25.5 Å². The first-order valence-electron chi connectivity index (χ1n) is 8.78. The Kier molecular flexibility index (Phi) is 5.37. The molecule has 0 aliphatic rings. The van der Waals surface area contributed by atoms with Crippen LogP contribution in [0.5, 0.6) is 0 Å². The van der Waals surface area contributed by atoms with E-state index >= 15 is 0 Å². The van der Waals surface area contributed by atoms with Crippen LogP contribution >= 0.6 is 22.9 Å². The Morgan fingerprint density at radius 1 is 1.10 bits per heavy atom. The number of benzene rings is 1. The van der Waals surface area contributed by atoms with Crippen LogP contribution in [0.2, 0.25) is 5.02 Å². The second-order valence-electron chi connectivity index (χ2n) is 6.34. The van der Waals surface area contributed by atoms with Gasteiger partial charge in [-0.25, -0.2) is 4.79 Å². The number of hydrogen-bond donors (Lipinski definition) is 1. The van der Waals surface area contributed by atoms with Crippen molar-refractivity contribution in [2.24, 2.45) is 0 Å². The number of hydrogen-bond acceptors (Lipinski definition) is 5. The van der Waals surface area contributed by atoms with Crippen molar-refractivity contribution >= 4 is 39.1 Å². The maximum Gasteiger partial charge on any atom is 0.332 e. The molecule has 0 saturated carbocycles. The maximum absolute atomic E-state index is 13.1. The monoisotopic (exact) mass is 429 g/mol. The van der Waals surface area contributed by atoms with E-state index in [1.165, 1.54) is 22.2 Å². The second-order valence-corrected chi connectivity index (χ2v) is 7.67. The highest BCUT2D eigenvalue weighted by Crippen LogP contribution is 2.18. The van der Waals surface area contributed by atoms with Crippen molar-refractivity contribution in [3.05, 3.63) is 91.3 Å². The minimum atomic E-state index is -0.561. The quantitative estimate of drug-likeness (QED) is 0.510. The molecule has 1 aromatic carbocycles. The second kappa shape index (κ2) is 8.10. The Morgan fingerprint density at radius 3 is 2.69 bits per heavy atom. The molecule has 0 fully saturated rings. The van der Waals surface area contributed by atoms with Gasteiger partial charge >= 0.3 is 5.69 Å². The Bertz CT molecular complexity index is 1290. The molecule has 0 radical (unpaired) electrons. The number of thiophene rings is 1. The van der Waals surface area contributed by atoms with Crippen molar-refractivity contribution < 1.29 is 9.21 Å². The highest BCUT2D eigenvalue weighted by molar-refractivity contribution is 7.17. The molecule has 3 aromatic heterocycles. The molecular weight excluding hydrogens is 414 g/mol. The summed E-state index contributed by atoms with van der Waals surface area (Å²) in [5.74, 6) is 0.244. The van der Waals surface area contributed by atoms with Crippen LogP contribution in [-0.2, 0) is 24.4 Å². The van der Waals surface area contributed by atoms with Crippen LogP contribution in [-0.4, -0.2) is 15.0 Å². The molecule has 1 amide bonds. The predicted octanol–water partition coefficient (Wildman–Crippen LogP) is 2.84. The molecule has 4 rings (SSSR count). The van der Waals surface area contributed by atoms with Gasteiger partial charge in [-0.1, -0.05) is 29.8 Å². The van der Waals surface area contributed by atoms with Gasteiger partial charge in [-0.2, -0.15) is 0 Å². The molecule has 0 aliphatic heterocycles.